The quantitative estimate of drug-likeness (QED) is 0.481. The summed E-state index contributed by atoms with van der Waals surface area (Å²) in [6, 6.07) is 14.7. The van der Waals surface area contributed by atoms with Crippen LogP contribution < -0.4 is 5.43 Å². The number of nitrogens with one attached hydrogen (secondary N) is 1. The Bertz CT molecular complexity index is 997. The van der Waals surface area contributed by atoms with Gasteiger partial charge >= 0.3 is 0 Å². The van der Waals surface area contributed by atoms with Crippen LogP contribution in [0.25, 0.3) is 0 Å². The zero-order chi connectivity index (χ0) is 19.4. The molecule has 6 nitrogen and oxygen atoms in total. The van der Waals surface area contributed by atoms with Gasteiger partial charge in [0.15, 0.2) is 0 Å². The molecule has 0 bridgehead atoms. The van der Waals surface area contributed by atoms with E-state index >= 15 is 0 Å². The largest absolute Gasteiger partial charge is 0.507 e. The van der Waals surface area contributed by atoms with Crippen LogP contribution in [0.2, 0.25) is 0 Å². The average Bonchev–Trinajstić information content (AvgIpc) is 2.91. The minimum atomic E-state index is -0.489. The molecule has 3 aromatic rings. The number of aryl methyl sites for hydroxylation is 1. The van der Waals surface area contributed by atoms with Gasteiger partial charge in [-0.05, 0) is 37.6 Å². The number of carbonyl (C=O) groups excluding carboxylic acids is 1. The highest BCUT2D eigenvalue weighted by Gasteiger charge is 2.12. The lowest BCUT2D eigenvalue weighted by molar-refractivity contribution is 0.0952. The fraction of sp³-hybridized carbons (Fsp3) is 0.150. The molecule has 0 fully saturated rings. The first-order valence-corrected chi connectivity index (χ1v) is 9.15. The Hall–Kier alpha value is -2.93. The summed E-state index contributed by atoms with van der Waals surface area (Å²) in [4.78, 5) is 12.2. The summed E-state index contributed by atoms with van der Waals surface area (Å²) in [6.45, 7) is 4.53. The summed E-state index contributed by atoms with van der Waals surface area (Å²) in [5.74, 6) is -0.592. The van der Waals surface area contributed by atoms with E-state index in [1.807, 2.05) is 36.7 Å². The van der Waals surface area contributed by atoms with E-state index in [9.17, 15) is 9.90 Å². The topological polar surface area (TPSA) is 79.5 Å². The van der Waals surface area contributed by atoms with Gasteiger partial charge in [-0.25, -0.2) is 5.43 Å². The van der Waals surface area contributed by atoms with Crippen LogP contribution in [0.3, 0.4) is 0 Å². The van der Waals surface area contributed by atoms with Crippen LogP contribution in [0.1, 0.15) is 32.9 Å². The second kappa shape index (κ2) is 8.18. The number of hydrogen-bond donors (Lipinski definition) is 2. The van der Waals surface area contributed by atoms with Crippen LogP contribution in [0.5, 0.6) is 5.75 Å². The summed E-state index contributed by atoms with van der Waals surface area (Å²) in [5.41, 5.74) is 6.38. The summed E-state index contributed by atoms with van der Waals surface area (Å²) in [6.07, 6.45) is 1.58. The number of aromatic hydroxyl groups is 1. The lowest BCUT2D eigenvalue weighted by Gasteiger charge is -2.05. The zero-order valence-corrected chi connectivity index (χ0v) is 16.6. The molecule has 0 atom stereocenters. The Kier molecular flexibility index (Phi) is 5.71. The van der Waals surface area contributed by atoms with E-state index < -0.39 is 5.91 Å². The van der Waals surface area contributed by atoms with Gasteiger partial charge in [0, 0.05) is 15.7 Å². The third-order valence-corrected chi connectivity index (χ3v) is 4.67. The number of hydrogen-bond acceptors (Lipinski definition) is 4. The highest BCUT2D eigenvalue weighted by molar-refractivity contribution is 9.10. The normalized spacial score (nSPS) is 11.1. The third kappa shape index (κ3) is 4.43. The molecule has 0 saturated heterocycles. The van der Waals surface area contributed by atoms with Crippen molar-refractivity contribution >= 4 is 28.1 Å². The van der Waals surface area contributed by atoms with E-state index in [1.54, 1.807) is 12.3 Å². The fourth-order valence-corrected chi connectivity index (χ4v) is 3.07. The van der Waals surface area contributed by atoms with Crippen LogP contribution >= 0.6 is 15.9 Å². The number of phenols is 1. The number of amides is 1. The van der Waals surface area contributed by atoms with Gasteiger partial charge in [0.1, 0.15) is 5.75 Å². The molecule has 0 aliphatic heterocycles. The van der Waals surface area contributed by atoms with E-state index in [4.69, 9.17) is 0 Å². The molecule has 1 amide bonds. The first-order chi connectivity index (χ1) is 13.0. The van der Waals surface area contributed by atoms with Crippen molar-refractivity contribution < 1.29 is 9.90 Å². The highest BCUT2D eigenvalue weighted by atomic mass is 79.9. The molecule has 1 aromatic heterocycles. The Morgan fingerprint density at radius 1 is 1.26 bits per heavy atom. The van der Waals surface area contributed by atoms with Crippen LogP contribution in [0.15, 0.2) is 58.1 Å². The van der Waals surface area contributed by atoms with Crippen LogP contribution in [-0.4, -0.2) is 27.0 Å². The van der Waals surface area contributed by atoms with Crippen molar-refractivity contribution in [1.29, 1.82) is 0 Å². The van der Waals surface area contributed by atoms with E-state index in [-0.39, 0.29) is 11.3 Å². The maximum Gasteiger partial charge on any atom is 0.275 e. The molecule has 2 N–H and O–H groups in total. The maximum absolute atomic E-state index is 12.2. The maximum atomic E-state index is 12.2. The SMILES string of the molecule is Cc1nn(Cc2ccccc2)c(C)c1C=NNC(=O)c1cc(Br)ccc1O. The molecule has 0 radical (unpaired) electrons. The Morgan fingerprint density at radius 2 is 2.00 bits per heavy atom. The summed E-state index contributed by atoms with van der Waals surface area (Å²) in [5, 5.41) is 18.4. The second-order valence-corrected chi connectivity index (χ2v) is 7.00. The van der Waals surface area contributed by atoms with Crippen molar-refractivity contribution in [1.82, 2.24) is 15.2 Å². The summed E-state index contributed by atoms with van der Waals surface area (Å²) in [7, 11) is 0. The number of benzene rings is 2. The number of rotatable bonds is 5. The lowest BCUT2D eigenvalue weighted by Crippen LogP contribution is -2.17. The van der Waals surface area contributed by atoms with Gasteiger partial charge in [0.25, 0.3) is 5.91 Å². The van der Waals surface area contributed by atoms with Gasteiger partial charge in [-0.15, -0.1) is 0 Å². The first-order valence-electron chi connectivity index (χ1n) is 8.35. The van der Waals surface area contributed by atoms with Crippen LogP contribution in [0, 0.1) is 13.8 Å². The van der Waals surface area contributed by atoms with Gasteiger partial charge in [0.2, 0.25) is 0 Å². The first kappa shape index (κ1) is 18.8. The number of halogens is 1. The van der Waals surface area contributed by atoms with Crippen molar-refractivity contribution in [2.45, 2.75) is 20.4 Å². The molecule has 27 heavy (non-hydrogen) atoms. The second-order valence-electron chi connectivity index (χ2n) is 6.09. The molecule has 138 valence electrons. The highest BCUT2D eigenvalue weighted by Crippen LogP contribution is 2.21. The molecule has 0 saturated carbocycles. The van der Waals surface area contributed by atoms with Gasteiger partial charge in [0.05, 0.1) is 24.0 Å². The lowest BCUT2D eigenvalue weighted by atomic mass is 10.2. The monoisotopic (exact) mass is 426 g/mol. The number of hydrazone groups is 1. The zero-order valence-electron chi connectivity index (χ0n) is 15.0. The van der Waals surface area contributed by atoms with Crippen molar-refractivity contribution in [2.24, 2.45) is 5.10 Å². The molecule has 2 aromatic carbocycles. The van der Waals surface area contributed by atoms with Crippen molar-refractivity contribution in [3.63, 3.8) is 0 Å². The van der Waals surface area contributed by atoms with Gasteiger partial charge < -0.3 is 5.11 Å². The molecule has 0 unspecified atom stereocenters. The third-order valence-electron chi connectivity index (χ3n) is 4.18. The molecular formula is C20H19BrN4O2. The predicted octanol–water partition coefficient (Wildman–Crippen LogP) is 3.78. The number of phenolic OH excluding ortho intramolecular Hbond substituents is 1. The molecule has 0 aliphatic rings. The van der Waals surface area contributed by atoms with Crippen molar-refractivity contribution in [3.8, 4) is 5.75 Å². The predicted molar refractivity (Wildman–Crippen MR) is 108 cm³/mol. The number of nitrogens with zero attached hydrogens (tertiary/aromatic N) is 3. The van der Waals surface area contributed by atoms with Gasteiger partial charge in [-0.2, -0.15) is 10.2 Å². The van der Waals surface area contributed by atoms with Crippen molar-refractivity contribution in [3.05, 3.63) is 81.1 Å². The van der Waals surface area contributed by atoms with Crippen molar-refractivity contribution in [2.75, 3.05) is 0 Å². The Morgan fingerprint density at radius 3 is 2.74 bits per heavy atom. The van der Waals surface area contributed by atoms with Gasteiger partial charge in [-0.1, -0.05) is 46.3 Å². The van der Waals surface area contributed by atoms with E-state index in [0.717, 1.165) is 22.5 Å². The van der Waals surface area contributed by atoms with E-state index in [1.165, 1.54) is 12.1 Å². The van der Waals surface area contributed by atoms with E-state index in [2.05, 4.69) is 43.7 Å². The van der Waals surface area contributed by atoms with Gasteiger partial charge in [-0.3, -0.25) is 9.48 Å². The molecule has 0 spiro atoms. The Labute approximate surface area is 165 Å². The number of carbonyl (C=O) groups is 1. The molecular weight excluding hydrogens is 408 g/mol. The average molecular weight is 427 g/mol. The Balaban J connectivity index is 1.74. The van der Waals surface area contributed by atoms with Crippen LogP contribution in [0.4, 0.5) is 0 Å². The summed E-state index contributed by atoms with van der Waals surface area (Å²) >= 11 is 3.28. The molecule has 7 heteroatoms. The minimum absolute atomic E-state index is 0.103. The molecule has 1 heterocycles. The standard InChI is InChI=1S/C20H19BrN4O2/c1-13-18(14(2)25(24-13)12-15-6-4-3-5-7-15)11-22-23-20(27)17-10-16(21)8-9-19(17)26/h3-11,26H,12H2,1-2H3,(H,23,27). The fourth-order valence-electron chi connectivity index (χ4n) is 2.71. The number of aromatic nitrogens is 2. The smallest absolute Gasteiger partial charge is 0.275 e. The van der Waals surface area contributed by atoms with Crippen LogP contribution in [-0.2, 0) is 6.54 Å². The molecule has 0 aliphatic carbocycles. The summed E-state index contributed by atoms with van der Waals surface area (Å²) < 4.78 is 2.61. The molecule has 3 rings (SSSR count). The van der Waals surface area contributed by atoms with E-state index in [0.29, 0.717) is 11.0 Å². The minimum Gasteiger partial charge on any atom is -0.507 e.